The van der Waals surface area contributed by atoms with Crippen LogP contribution in [0.15, 0.2) is 298 Å². The van der Waals surface area contributed by atoms with Gasteiger partial charge in [-0.2, -0.15) is 0 Å². The molecule has 4 heterocycles. The third kappa shape index (κ3) is 9.31. The highest BCUT2D eigenvalue weighted by molar-refractivity contribution is 7.25. The number of pyridine rings is 3. The zero-order chi connectivity index (χ0) is 52.5. The lowest BCUT2D eigenvalue weighted by Gasteiger charge is -2.19. The average Bonchev–Trinajstić information content (AvgIpc) is 4.12. The number of hydrogen-bond donors (Lipinski definition) is 0. The summed E-state index contributed by atoms with van der Waals surface area (Å²) in [5.41, 5.74) is 23.9. The highest BCUT2D eigenvalue weighted by Gasteiger charge is 2.20. The Balaban J connectivity index is 0.941. The first kappa shape index (κ1) is 47.3. The number of rotatable bonds is 11. The van der Waals surface area contributed by atoms with Gasteiger partial charge in [0.15, 0.2) is 0 Å². The smallest absolute Gasteiger partial charge is 0.0708 e. The summed E-state index contributed by atoms with van der Waals surface area (Å²) >= 11 is 1.86. The minimum atomic E-state index is 0.927. The molecule has 0 bridgehead atoms. The van der Waals surface area contributed by atoms with E-state index in [2.05, 4.69) is 273 Å². The topological polar surface area (TPSA) is 38.7 Å². The summed E-state index contributed by atoms with van der Waals surface area (Å²) in [6, 6.07) is 100. The molecule has 0 aliphatic carbocycles. The Morgan fingerprint density at radius 2 is 0.544 bits per heavy atom. The molecule has 0 spiro atoms. The summed E-state index contributed by atoms with van der Waals surface area (Å²) in [6.07, 6.45) is 6.11. The highest BCUT2D eigenvalue weighted by Crippen LogP contribution is 2.46. The zero-order valence-corrected chi connectivity index (χ0v) is 43.9. The van der Waals surface area contributed by atoms with Crippen molar-refractivity contribution in [2.24, 2.45) is 0 Å². The molecule has 0 N–H and O–H groups in total. The van der Waals surface area contributed by atoms with Gasteiger partial charge in [0.2, 0.25) is 0 Å². The van der Waals surface area contributed by atoms with Crippen molar-refractivity contribution in [1.82, 2.24) is 15.0 Å². The van der Waals surface area contributed by atoms with Crippen molar-refractivity contribution in [3.05, 3.63) is 298 Å². The Hall–Kier alpha value is -10.1. The molecule has 0 aliphatic rings. The van der Waals surface area contributed by atoms with Crippen molar-refractivity contribution < 1.29 is 0 Å². The lowest BCUT2D eigenvalue weighted by atomic mass is 9.85. The Labute approximate surface area is 464 Å². The van der Waals surface area contributed by atoms with Gasteiger partial charge in [0.25, 0.3) is 0 Å². The van der Waals surface area contributed by atoms with Crippen LogP contribution >= 0.6 is 11.3 Å². The van der Waals surface area contributed by atoms with Crippen LogP contribution < -0.4 is 0 Å². The molecule has 4 aromatic heterocycles. The minimum Gasteiger partial charge on any atom is -0.256 e. The van der Waals surface area contributed by atoms with Gasteiger partial charge in [0.1, 0.15) is 0 Å². The average molecular weight is 1020 g/mol. The number of fused-ring (bicyclic) bond motifs is 3. The summed E-state index contributed by atoms with van der Waals surface area (Å²) in [6.45, 7) is 0. The summed E-state index contributed by atoms with van der Waals surface area (Å²) in [4.78, 5) is 15.2. The van der Waals surface area contributed by atoms with Gasteiger partial charge in [-0.1, -0.05) is 231 Å². The molecule has 0 atom stereocenters. The molecule has 0 saturated carbocycles. The predicted molar refractivity (Wildman–Crippen MR) is 333 cm³/mol. The van der Waals surface area contributed by atoms with Gasteiger partial charge in [-0.3, -0.25) is 15.0 Å². The summed E-state index contributed by atoms with van der Waals surface area (Å²) in [5.74, 6) is 0. The van der Waals surface area contributed by atoms with Crippen molar-refractivity contribution in [2.45, 2.75) is 0 Å². The zero-order valence-electron chi connectivity index (χ0n) is 43.0. The fraction of sp³-hybridized carbons (Fsp3) is 0. The maximum absolute atomic E-state index is 5.24. The van der Waals surface area contributed by atoms with Crippen LogP contribution in [0.4, 0.5) is 0 Å². The number of benzene rings is 10. The van der Waals surface area contributed by atoms with Crippen molar-refractivity contribution in [2.75, 3.05) is 0 Å². The van der Waals surface area contributed by atoms with E-state index >= 15 is 0 Å². The maximum atomic E-state index is 5.24. The van der Waals surface area contributed by atoms with E-state index in [-0.39, 0.29) is 0 Å². The molecule has 3 nitrogen and oxygen atoms in total. The summed E-state index contributed by atoms with van der Waals surface area (Å²) in [7, 11) is 0. The quantitative estimate of drug-likeness (QED) is 0.130. The second-order valence-electron chi connectivity index (χ2n) is 19.9. The third-order valence-electron chi connectivity index (χ3n) is 15.1. The van der Waals surface area contributed by atoms with Gasteiger partial charge in [-0.15, -0.1) is 11.3 Å². The molecule has 0 fully saturated rings. The van der Waals surface area contributed by atoms with Gasteiger partial charge >= 0.3 is 0 Å². The van der Waals surface area contributed by atoms with Crippen LogP contribution in [0, 0.1) is 0 Å². The van der Waals surface area contributed by atoms with Crippen LogP contribution in [0.5, 0.6) is 0 Å². The Morgan fingerprint density at radius 3 is 1.00 bits per heavy atom. The Bertz CT molecular complexity index is 4350. The number of nitrogens with zero attached hydrogens (tertiary/aromatic N) is 3. The second kappa shape index (κ2) is 20.8. The fourth-order valence-corrected chi connectivity index (χ4v) is 12.3. The lowest BCUT2D eigenvalue weighted by Crippen LogP contribution is -1.95. The fourth-order valence-electron chi connectivity index (χ4n) is 11.1. The molecular formula is C75H49N3S. The van der Waals surface area contributed by atoms with Crippen LogP contribution in [-0.4, -0.2) is 15.0 Å². The van der Waals surface area contributed by atoms with Gasteiger partial charge in [0.05, 0.1) is 17.1 Å². The number of aromatic nitrogens is 3. The molecule has 14 aromatic rings. The van der Waals surface area contributed by atoms with Crippen molar-refractivity contribution in [3.63, 3.8) is 0 Å². The van der Waals surface area contributed by atoms with Gasteiger partial charge in [-0.05, 0) is 121 Å². The first-order valence-corrected chi connectivity index (χ1v) is 27.5. The van der Waals surface area contributed by atoms with E-state index in [0.29, 0.717) is 0 Å². The van der Waals surface area contributed by atoms with Crippen molar-refractivity contribution >= 4 is 31.5 Å². The molecule has 79 heavy (non-hydrogen) atoms. The minimum absolute atomic E-state index is 0.927. The highest BCUT2D eigenvalue weighted by atomic mass is 32.1. The van der Waals surface area contributed by atoms with Crippen molar-refractivity contribution in [3.8, 4) is 123 Å². The maximum Gasteiger partial charge on any atom is 0.0708 e. The van der Waals surface area contributed by atoms with E-state index < -0.39 is 0 Å². The largest absolute Gasteiger partial charge is 0.256 e. The second-order valence-corrected chi connectivity index (χ2v) is 21.0. The number of thiophene rings is 1. The molecule has 10 aromatic carbocycles. The van der Waals surface area contributed by atoms with E-state index in [4.69, 9.17) is 15.0 Å². The van der Waals surface area contributed by atoms with E-state index in [1.807, 2.05) is 35.9 Å². The lowest BCUT2D eigenvalue weighted by molar-refractivity contribution is 1.32. The summed E-state index contributed by atoms with van der Waals surface area (Å²) in [5, 5.41) is 2.54. The van der Waals surface area contributed by atoms with Crippen molar-refractivity contribution in [1.29, 1.82) is 0 Å². The standard InChI is InChI=1S/C75H49N3S/c1-5-19-50(20-6-1)54-33-37-67-68-38-34-55(45-75(68)79-74(67)44-54)69-46-73(53-25-11-4-12-26-53)78-49-70(69)66-32-18-17-31-65(66)60-42-58(63-29-15-13-27-61(63)56-35-39-71(76-47-56)51-21-7-2-8-22-51)41-59(43-60)64-30-16-14-28-62(64)57-36-40-72(77-48-57)52-23-9-3-10-24-52/h1-49H. The summed E-state index contributed by atoms with van der Waals surface area (Å²) < 4.78 is 2.53. The van der Waals surface area contributed by atoms with E-state index in [1.165, 1.54) is 31.3 Å². The van der Waals surface area contributed by atoms with E-state index in [9.17, 15) is 0 Å². The molecule has 0 amide bonds. The Morgan fingerprint density at radius 1 is 0.190 bits per heavy atom. The van der Waals surface area contributed by atoms with Crippen LogP contribution in [0.3, 0.4) is 0 Å². The molecular weight excluding hydrogens is 975 g/mol. The number of hydrogen-bond acceptors (Lipinski definition) is 4. The van der Waals surface area contributed by atoms with Gasteiger partial charge < -0.3 is 0 Å². The van der Waals surface area contributed by atoms with Gasteiger partial charge in [0, 0.05) is 72.1 Å². The molecule has 14 rings (SSSR count). The van der Waals surface area contributed by atoms with Crippen LogP contribution in [0.1, 0.15) is 0 Å². The molecule has 0 radical (unpaired) electrons. The molecule has 370 valence electrons. The van der Waals surface area contributed by atoms with Crippen LogP contribution in [-0.2, 0) is 0 Å². The SMILES string of the molecule is c1ccc(-c2ccc3c(c2)sc2cc(-c4cc(-c5ccccc5)ncc4-c4ccccc4-c4cc(-c5ccccc5-c5ccc(-c6ccccc6)nc5)cc(-c5ccccc5-c5ccc(-c6ccccc6)nc5)c4)ccc23)cc1. The molecule has 0 saturated heterocycles. The van der Waals surface area contributed by atoms with E-state index in [1.54, 1.807) is 0 Å². The van der Waals surface area contributed by atoms with E-state index in [0.717, 1.165) is 112 Å². The predicted octanol–water partition coefficient (Wildman–Crippen LogP) is 20.6. The first-order valence-electron chi connectivity index (χ1n) is 26.7. The molecule has 0 aliphatic heterocycles. The molecule has 4 heteroatoms. The van der Waals surface area contributed by atoms with Crippen LogP contribution in [0.25, 0.3) is 143 Å². The third-order valence-corrected chi connectivity index (χ3v) is 16.2. The molecule has 0 unspecified atom stereocenters. The monoisotopic (exact) mass is 1020 g/mol. The van der Waals surface area contributed by atoms with Gasteiger partial charge in [-0.25, -0.2) is 0 Å². The Kier molecular flexibility index (Phi) is 12.4. The first-order chi connectivity index (χ1) is 39.1. The van der Waals surface area contributed by atoms with Crippen LogP contribution in [0.2, 0.25) is 0 Å². The normalized spacial score (nSPS) is 11.3.